The molecule has 0 fully saturated rings. The molecule has 35 heavy (non-hydrogen) atoms. The molecule has 0 radical (unpaired) electrons. The minimum absolute atomic E-state index is 0.0410. The van der Waals surface area contributed by atoms with Gasteiger partial charge in [-0.15, -0.1) is 11.8 Å². The SMILES string of the molecule is O=c1ncc2cc(C(F)(F)F)cc3c2n1CC(Oc1ncccn1)C(c1cc(Cl)c(F)cc1F)S3. The van der Waals surface area contributed by atoms with Crippen LogP contribution in [-0.2, 0) is 12.7 Å². The van der Waals surface area contributed by atoms with Gasteiger partial charge in [0.1, 0.15) is 17.7 Å². The van der Waals surface area contributed by atoms with Crippen LogP contribution in [0.15, 0.2) is 58.6 Å². The summed E-state index contributed by atoms with van der Waals surface area (Å²) in [5.41, 5.74) is -1.65. The van der Waals surface area contributed by atoms with Gasteiger partial charge in [0.05, 0.1) is 27.9 Å². The van der Waals surface area contributed by atoms with Crippen LogP contribution in [0.4, 0.5) is 22.0 Å². The second-order valence-electron chi connectivity index (χ2n) is 7.58. The number of hydrogen-bond acceptors (Lipinski definition) is 6. The average molecular weight is 527 g/mol. The molecule has 2 atom stereocenters. The number of aromatic nitrogens is 4. The molecule has 0 bridgehead atoms. The van der Waals surface area contributed by atoms with Gasteiger partial charge in [0.2, 0.25) is 0 Å². The van der Waals surface area contributed by atoms with Crippen LogP contribution in [0.2, 0.25) is 5.02 Å². The van der Waals surface area contributed by atoms with Crippen molar-refractivity contribution in [2.24, 2.45) is 0 Å². The zero-order chi connectivity index (χ0) is 24.9. The molecule has 0 N–H and O–H groups in total. The summed E-state index contributed by atoms with van der Waals surface area (Å²) < 4.78 is 76.7. The lowest BCUT2D eigenvalue weighted by atomic mass is 10.1. The molecule has 6 nitrogen and oxygen atoms in total. The number of halogens is 6. The van der Waals surface area contributed by atoms with Crippen molar-refractivity contribution in [1.82, 2.24) is 19.5 Å². The predicted molar refractivity (Wildman–Crippen MR) is 117 cm³/mol. The van der Waals surface area contributed by atoms with Crippen molar-refractivity contribution in [2.45, 2.75) is 29.0 Å². The van der Waals surface area contributed by atoms with Gasteiger partial charge in [0.25, 0.3) is 0 Å². The minimum atomic E-state index is -4.69. The Morgan fingerprint density at radius 1 is 1.06 bits per heavy atom. The Morgan fingerprint density at radius 3 is 2.51 bits per heavy atom. The topological polar surface area (TPSA) is 69.9 Å². The maximum atomic E-state index is 15.0. The fraction of sp³-hybridized carbons (Fsp3) is 0.182. The Morgan fingerprint density at radius 2 is 1.80 bits per heavy atom. The molecule has 0 spiro atoms. The van der Waals surface area contributed by atoms with Crippen LogP contribution in [0.3, 0.4) is 0 Å². The largest absolute Gasteiger partial charge is 0.457 e. The standard InChI is InChI=1S/C22H12ClF5N4O2S/c23-13-6-12(14(24)7-15(13)25)19-16(34-20-29-2-1-3-30-20)9-32-18-10(8-31-21(32)33)4-11(22(26,27)28)5-17(18)35-19/h1-8,16,19H,9H2. The van der Waals surface area contributed by atoms with Crippen molar-refractivity contribution in [3.05, 3.63) is 87.2 Å². The summed E-state index contributed by atoms with van der Waals surface area (Å²) in [7, 11) is 0. The van der Waals surface area contributed by atoms with Crippen LogP contribution in [0.25, 0.3) is 10.9 Å². The number of alkyl halides is 3. The number of ether oxygens (including phenoxy) is 1. The van der Waals surface area contributed by atoms with Gasteiger partial charge >= 0.3 is 17.9 Å². The average Bonchev–Trinajstić information content (AvgIpc) is 2.97. The predicted octanol–water partition coefficient (Wildman–Crippen LogP) is 5.43. The summed E-state index contributed by atoms with van der Waals surface area (Å²) in [4.78, 5) is 24.4. The molecule has 5 rings (SSSR count). The van der Waals surface area contributed by atoms with Gasteiger partial charge in [-0.2, -0.15) is 13.2 Å². The highest BCUT2D eigenvalue weighted by atomic mass is 35.5. The van der Waals surface area contributed by atoms with Crippen molar-refractivity contribution in [2.75, 3.05) is 0 Å². The van der Waals surface area contributed by atoms with E-state index >= 15 is 0 Å². The molecule has 3 heterocycles. The molecule has 1 aliphatic rings. The highest BCUT2D eigenvalue weighted by molar-refractivity contribution is 7.99. The third kappa shape index (κ3) is 4.43. The minimum Gasteiger partial charge on any atom is -0.457 e. The molecule has 0 saturated heterocycles. The summed E-state index contributed by atoms with van der Waals surface area (Å²) in [5, 5.41) is -1.38. The smallest absolute Gasteiger partial charge is 0.416 e. The summed E-state index contributed by atoms with van der Waals surface area (Å²) in [6.45, 7) is -0.230. The van der Waals surface area contributed by atoms with Crippen molar-refractivity contribution in [3.8, 4) is 6.01 Å². The number of hydrogen-bond donors (Lipinski definition) is 0. The highest BCUT2D eigenvalue weighted by Crippen LogP contribution is 2.47. The van der Waals surface area contributed by atoms with E-state index in [1.54, 1.807) is 0 Å². The van der Waals surface area contributed by atoms with E-state index in [4.69, 9.17) is 16.3 Å². The summed E-state index contributed by atoms with van der Waals surface area (Å²) in [5.74, 6) is -1.98. The Bertz CT molecular complexity index is 1500. The van der Waals surface area contributed by atoms with E-state index in [2.05, 4.69) is 15.0 Å². The molecule has 4 aromatic rings. The lowest BCUT2D eigenvalue weighted by molar-refractivity contribution is -0.137. The van der Waals surface area contributed by atoms with Gasteiger partial charge in [0, 0.05) is 40.5 Å². The molecule has 0 aliphatic carbocycles. The molecule has 2 aromatic heterocycles. The first-order valence-electron chi connectivity index (χ1n) is 9.97. The number of benzene rings is 2. The van der Waals surface area contributed by atoms with Gasteiger partial charge in [0.15, 0.2) is 0 Å². The van der Waals surface area contributed by atoms with Crippen molar-refractivity contribution >= 4 is 34.3 Å². The number of nitrogens with zero attached hydrogens (tertiary/aromatic N) is 4. The van der Waals surface area contributed by atoms with E-state index in [0.717, 1.165) is 40.7 Å². The van der Waals surface area contributed by atoms with Crippen LogP contribution in [0.5, 0.6) is 6.01 Å². The fourth-order valence-electron chi connectivity index (χ4n) is 3.82. The second-order valence-corrected chi connectivity index (χ2v) is 9.17. The van der Waals surface area contributed by atoms with E-state index in [0.29, 0.717) is 6.07 Å². The van der Waals surface area contributed by atoms with E-state index in [9.17, 15) is 26.7 Å². The Balaban J connectivity index is 1.74. The first-order valence-corrected chi connectivity index (χ1v) is 11.2. The van der Waals surface area contributed by atoms with Gasteiger partial charge in [-0.3, -0.25) is 4.57 Å². The lowest BCUT2D eigenvalue weighted by Crippen LogP contribution is -2.34. The van der Waals surface area contributed by atoms with Crippen LogP contribution in [-0.4, -0.2) is 25.6 Å². The van der Waals surface area contributed by atoms with Gasteiger partial charge < -0.3 is 4.74 Å². The quantitative estimate of drug-likeness (QED) is 0.262. The van der Waals surface area contributed by atoms with Crippen molar-refractivity contribution in [3.63, 3.8) is 0 Å². The molecule has 1 aliphatic heterocycles. The molecule has 0 amide bonds. The van der Waals surface area contributed by atoms with Gasteiger partial charge in [-0.25, -0.2) is 28.5 Å². The second kappa shape index (κ2) is 8.76. The maximum absolute atomic E-state index is 15.0. The zero-order valence-electron chi connectivity index (χ0n) is 17.3. The van der Waals surface area contributed by atoms with Gasteiger partial charge in [-0.1, -0.05) is 11.6 Å². The molecule has 2 aromatic carbocycles. The Labute approximate surface area is 202 Å². The van der Waals surface area contributed by atoms with E-state index in [1.807, 2.05) is 0 Å². The summed E-state index contributed by atoms with van der Waals surface area (Å²) in [6, 6.07) is 4.83. The first kappa shape index (κ1) is 23.5. The molecule has 2 unspecified atom stereocenters. The summed E-state index contributed by atoms with van der Waals surface area (Å²) in [6.07, 6.45) is -1.92. The van der Waals surface area contributed by atoms with Crippen LogP contribution < -0.4 is 10.4 Å². The molecule has 180 valence electrons. The lowest BCUT2D eigenvalue weighted by Gasteiger charge is -2.25. The summed E-state index contributed by atoms with van der Waals surface area (Å²) >= 11 is 6.73. The molecule has 13 heteroatoms. The van der Waals surface area contributed by atoms with Crippen LogP contribution >= 0.6 is 23.4 Å². The van der Waals surface area contributed by atoms with Crippen LogP contribution in [0, 0.1) is 11.6 Å². The normalized spacial score (nSPS) is 17.9. The van der Waals surface area contributed by atoms with Crippen molar-refractivity contribution < 1.29 is 26.7 Å². The van der Waals surface area contributed by atoms with E-state index < -0.39 is 40.4 Å². The fourth-order valence-corrected chi connectivity index (χ4v) is 5.40. The van der Waals surface area contributed by atoms with E-state index in [1.165, 1.54) is 18.5 Å². The third-order valence-electron chi connectivity index (χ3n) is 5.35. The zero-order valence-corrected chi connectivity index (χ0v) is 18.8. The molecular formula is C22H12ClF5N4O2S. The highest BCUT2D eigenvalue weighted by Gasteiger charge is 2.37. The number of rotatable bonds is 3. The Kier molecular flexibility index (Phi) is 5.88. The van der Waals surface area contributed by atoms with Crippen LogP contribution in [0.1, 0.15) is 16.4 Å². The number of thioether (sulfide) groups is 1. The van der Waals surface area contributed by atoms with E-state index in [-0.39, 0.29) is 38.9 Å². The van der Waals surface area contributed by atoms with Gasteiger partial charge in [-0.05, 0) is 24.3 Å². The maximum Gasteiger partial charge on any atom is 0.416 e. The Hall–Kier alpha value is -3.25. The molecule has 0 saturated carbocycles. The molecular weight excluding hydrogens is 515 g/mol. The van der Waals surface area contributed by atoms with Crippen molar-refractivity contribution in [1.29, 1.82) is 0 Å². The first-order chi connectivity index (χ1) is 16.6. The third-order valence-corrected chi connectivity index (χ3v) is 7.01. The monoisotopic (exact) mass is 526 g/mol.